The number of benzene rings is 3. The van der Waals surface area contributed by atoms with Gasteiger partial charge < -0.3 is 14.7 Å². The number of hydrogen-bond acceptors (Lipinski definition) is 3. The van der Waals surface area contributed by atoms with E-state index >= 15 is 0 Å². The maximum atomic E-state index is 13.1. The van der Waals surface area contributed by atoms with Gasteiger partial charge in [-0.15, -0.1) is 0 Å². The van der Waals surface area contributed by atoms with Crippen LogP contribution < -0.4 is 0 Å². The molecule has 1 N–H and O–H groups in total. The number of halogens is 1. The second-order valence-corrected chi connectivity index (χ2v) is 9.41. The van der Waals surface area contributed by atoms with Gasteiger partial charge in [0.1, 0.15) is 11.4 Å². The molecule has 0 saturated carbocycles. The number of carbonyl (C=O) groups is 1. The molecule has 1 fully saturated rings. The molecule has 1 aliphatic rings. The minimum atomic E-state index is -0.968. The number of carbonyl (C=O) groups excluding carboxylic acids is 1. The summed E-state index contributed by atoms with van der Waals surface area (Å²) >= 11 is 0. The first-order valence-corrected chi connectivity index (χ1v) is 11.3. The number of amides is 1. The van der Waals surface area contributed by atoms with Gasteiger partial charge in [-0.05, 0) is 54.7 Å². The molecule has 4 nitrogen and oxygen atoms in total. The molecule has 0 aliphatic carbocycles. The molecule has 0 aromatic heterocycles. The quantitative estimate of drug-likeness (QED) is 0.488. The Morgan fingerprint density at radius 3 is 2.15 bits per heavy atom. The highest BCUT2D eigenvalue weighted by molar-refractivity contribution is 5.69. The standard InChI is InChI=1S/C28H30FNO3/c1-27(2,32)20-28(24-6-4-3-5-7-24)17-19-30(26(31)33-28)18-16-21-8-10-22(11-9-21)23-12-14-25(29)15-13-23/h3-15,32H,16-20H2,1-2H3/t28-/m0/s1. The summed E-state index contributed by atoms with van der Waals surface area (Å²) in [5.74, 6) is -0.248. The third-order valence-electron chi connectivity index (χ3n) is 6.15. The summed E-state index contributed by atoms with van der Waals surface area (Å²) in [6.07, 6.45) is 1.32. The normalized spacial score (nSPS) is 18.8. The molecule has 1 atom stereocenters. The van der Waals surface area contributed by atoms with Crippen LogP contribution in [0.5, 0.6) is 0 Å². The lowest BCUT2D eigenvalue weighted by Crippen LogP contribution is -2.51. The van der Waals surface area contributed by atoms with Crippen LogP contribution in [-0.4, -0.2) is 34.8 Å². The van der Waals surface area contributed by atoms with Gasteiger partial charge >= 0.3 is 6.09 Å². The van der Waals surface area contributed by atoms with E-state index < -0.39 is 11.2 Å². The average Bonchev–Trinajstić information content (AvgIpc) is 2.79. The van der Waals surface area contributed by atoms with Crippen LogP contribution in [0.4, 0.5) is 9.18 Å². The van der Waals surface area contributed by atoms with Gasteiger partial charge in [0, 0.05) is 25.9 Å². The zero-order valence-electron chi connectivity index (χ0n) is 19.1. The van der Waals surface area contributed by atoms with Crippen molar-refractivity contribution < 1.29 is 19.0 Å². The van der Waals surface area contributed by atoms with Crippen molar-refractivity contribution in [2.75, 3.05) is 13.1 Å². The largest absolute Gasteiger partial charge is 0.438 e. The molecule has 0 spiro atoms. The lowest BCUT2D eigenvalue weighted by Gasteiger charge is -2.44. The van der Waals surface area contributed by atoms with Crippen LogP contribution in [-0.2, 0) is 16.8 Å². The molecule has 0 bridgehead atoms. The van der Waals surface area contributed by atoms with Crippen LogP contribution >= 0.6 is 0 Å². The van der Waals surface area contributed by atoms with E-state index in [2.05, 4.69) is 0 Å². The van der Waals surface area contributed by atoms with Crippen LogP contribution in [0.2, 0.25) is 0 Å². The average molecular weight is 448 g/mol. The second kappa shape index (κ2) is 9.36. The van der Waals surface area contributed by atoms with E-state index in [1.807, 2.05) is 54.6 Å². The summed E-state index contributed by atoms with van der Waals surface area (Å²) < 4.78 is 19.2. The third kappa shape index (κ3) is 5.60. The Hall–Kier alpha value is -3.18. The molecule has 4 rings (SSSR count). The van der Waals surface area contributed by atoms with Gasteiger partial charge in [-0.25, -0.2) is 9.18 Å². The van der Waals surface area contributed by atoms with Gasteiger partial charge in [-0.2, -0.15) is 0 Å². The minimum absolute atomic E-state index is 0.248. The lowest BCUT2D eigenvalue weighted by atomic mass is 9.80. The van der Waals surface area contributed by atoms with Gasteiger partial charge in [0.15, 0.2) is 0 Å². The highest BCUT2D eigenvalue weighted by Crippen LogP contribution is 2.40. The zero-order chi connectivity index (χ0) is 23.5. The highest BCUT2D eigenvalue weighted by atomic mass is 19.1. The Morgan fingerprint density at radius 1 is 0.970 bits per heavy atom. The van der Waals surface area contributed by atoms with E-state index in [0.717, 1.165) is 22.3 Å². The predicted molar refractivity (Wildman–Crippen MR) is 127 cm³/mol. The van der Waals surface area contributed by atoms with E-state index in [-0.39, 0.29) is 11.9 Å². The molecule has 0 unspecified atom stereocenters. The fourth-order valence-electron chi connectivity index (χ4n) is 4.53. The SMILES string of the molecule is CC(C)(O)C[C@]1(c2ccccc2)CCN(CCc2ccc(-c3ccc(F)cc3)cc2)C(=O)O1. The number of nitrogens with zero attached hydrogens (tertiary/aromatic N) is 1. The summed E-state index contributed by atoms with van der Waals surface area (Å²) in [7, 11) is 0. The van der Waals surface area contributed by atoms with Crippen LogP contribution in [0.3, 0.4) is 0 Å². The summed E-state index contributed by atoms with van der Waals surface area (Å²) in [6.45, 7) is 4.61. The first kappa shape index (κ1) is 23.0. The van der Waals surface area contributed by atoms with E-state index in [9.17, 15) is 14.3 Å². The van der Waals surface area contributed by atoms with Gasteiger partial charge in [-0.3, -0.25) is 0 Å². The van der Waals surface area contributed by atoms with Crippen molar-refractivity contribution in [1.82, 2.24) is 4.90 Å². The second-order valence-electron chi connectivity index (χ2n) is 9.41. The fraction of sp³-hybridized carbons (Fsp3) is 0.321. The van der Waals surface area contributed by atoms with E-state index in [1.54, 1.807) is 30.9 Å². The lowest BCUT2D eigenvalue weighted by molar-refractivity contribution is -0.0960. The molecule has 1 heterocycles. The van der Waals surface area contributed by atoms with Crippen molar-refractivity contribution in [2.45, 2.75) is 44.3 Å². The van der Waals surface area contributed by atoms with Crippen molar-refractivity contribution in [3.63, 3.8) is 0 Å². The van der Waals surface area contributed by atoms with Crippen molar-refractivity contribution in [3.05, 3.63) is 95.8 Å². The molecule has 3 aromatic rings. The van der Waals surface area contributed by atoms with Gasteiger partial charge in [-0.1, -0.05) is 66.7 Å². The van der Waals surface area contributed by atoms with E-state index in [1.165, 1.54) is 12.1 Å². The van der Waals surface area contributed by atoms with Crippen molar-refractivity contribution >= 4 is 6.09 Å². The zero-order valence-corrected chi connectivity index (χ0v) is 19.1. The summed E-state index contributed by atoms with van der Waals surface area (Å²) in [5, 5.41) is 10.5. The van der Waals surface area contributed by atoms with Crippen molar-refractivity contribution in [1.29, 1.82) is 0 Å². The first-order chi connectivity index (χ1) is 15.7. The Labute approximate surface area is 194 Å². The molecular formula is C28H30FNO3. The Kier molecular flexibility index (Phi) is 6.52. The molecule has 0 radical (unpaired) electrons. The summed E-state index contributed by atoms with van der Waals surface area (Å²) in [6, 6.07) is 24.2. The van der Waals surface area contributed by atoms with E-state index in [0.29, 0.717) is 32.4 Å². The summed E-state index contributed by atoms with van der Waals surface area (Å²) in [5.41, 5.74) is 2.22. The molecule has 172 valence electrons. The van der Waals surface area contributed by atoms with Crippen molar-refractivity contribution in [3.8, 4) is 11.1 Å². The highest BCUT2D eigenvalue weighted by Gasteiger charge is 2.45. The minimum Gasteiger partial charge on any atom is -0.438 e. The number of aliphatic hydroxyl groups is 1. The molecule has 1 saturated heterocycles. The number of hydrogen-bond donors (Lipinski definition) is 1. The topological polar surface area (TPSA) is 49.8 Å². The predicted octanol–water partition coefficient (Wildman–Crippen LogP) is 5.93. The van der Waals surface area contributed by atoms with Crippen LogP contribution in [0, 0.1) is 5.82 Å². The molecular weight excluding hydrogens is 417 g/mol. The summed E-state index contributed by atoms with van der Waals surface area (Å²) in [4.78, 5) is 14.7. The fourth-order valence-corrected chi connectivity index (χ4v) is 4.53. The number of cyclic esters (lactones) is 1. The number of ether oxygens (including phenoxy) is 1. The maximum Gasteiger partial charge on any atom is 0.410 e. The van der Waals surface area contributed by atoms with Gasteiger partial charge in [0.05, 0.1) is 5.60 Å². The third-order valence-corrected chi connectivity index (χ3v) is 6.15. The van der Waals surface area contributed by atoms with Gasteiger partial charge in [0.2, 0.25) is 0 Å². The monoisotopic (exact) mass is 447 g/mol. The van der Waals surface area contributed by atoms with Crippen molar-refractivity contribution in [2.24, 2.45) is 0 Å². The van der Waals surface area contributed by atoms with E-state index in [4.69, 9.17) is 4.74 Å². The molecule has 1 aliphatic heterocycles. The van der Waals surface area contributed by atoms with Crippen LogP contribution in [0.25, 0.3) is 11.1 Å². The Bertz CT molecular complexity index is 1070. The van der Waals surface area contributed by atoms with Crippen LogP contribution in [0.15, 0.2) is 78.9 Å². The first-order valence-electron chi connectivity index (χ1n) is 11.3. The smallest absolute Gasteiger partial charge is 0.410 e. The molecule has 33 heavy (non-hydrogen) atoms. The molecule has 3 aromatic carbocycles. The molecule has 1 amide bonds. The molecule has 5 heteroatoms. The maximum absolute atomic E-state index is 13.1. The Balaban J connectivity index is 1.40. The Morgan fingerprint density at radius 2 is 1.58 bits per heavy atom. The van der Waals surface area contributed by atoms with Gasteiger partial charge in [0.25, 0.3) is 0 Å². The number of rotatable bonds is 7. The van der Waals surface area contributed by atoms with Crippen LogP contribution in [0.1, 0.15) is 37.8 Å².